The fraction of sp³-hybridized carbons (Fsp3) is 0.286. The van der Waals surface area contributed by atoms with E-state index in [4.69, 9.17) is 11.2 Å². The Hall–Kier alpha value is -2.04. The molecule has 0 radical (unpaired) electrons. The molecule has 2 aromatic carbocycles. The van der Waals surface area contributed by atoms with Crippen LogP contribution in [0.4, 0.5) is 11.4 Å². The number of halogens is 1. The first-order valence-electron chi connectivity index (χ1n) is 8.30. The van der Waals surface area contributed by atoms with Crippen LogP contribution >= 0.6 is 22.6 Å². The average Bonchev–Trinajstić information content (AvgIpc) is 2.64. The van der Waals surface area contributed by atoms with Gasteiger partial charge in [-0.15, -0.1) is 6.42 Å². The van der Waals surface area contributed by atoms with E-state index in [1.807, 2.05) is 62.4 Å². The molecule has 0 aliphatic rings. The Morgan fingerprint density at radius 2 is 1.96 bits per heavy atom. The molecule has 0 aliphatic heterocycles. The van der Waals surface area contributed by atoms with Crippen molar-refractivity contribution in [1.29, 1.82) is 0 Å². The summed E-state index contributed by atoms with van der Waals surface area (Å²) in [7, 11) is 1.65. The van der Waals surface area contributed by atoms with Gasteiger partial charge in [-0.25, -0.2) is 0 Å². The number of nitrogens with zero attached hydrogens (tertiary/aromatic N) is 1. The fourth-order valence-electron chi connectivity index (χ4n) is 2.59. The molecular formula is C21H23IN2O2. The van der Waals surface area contributed by atoms with E-state index in [2.05, 4.69) is 33.8 Å². The number of hydrogen-bond acceptors (Lipinski definition) is 3. The lowest BCUT2D eigenvalue weighted by molar-refractivity contribution is 0.0972. The van der Waals surface area contributed by atoms with Gasteiger partial charge in [0.25, 0.3) is 5.91 Å². The molecule has 26 heavy (non-hydrogen) atoms. The monoisotopic (exact) mass is 462 g/mol. The van der Waals surface area contributed by atoms with Crippen LogP contribution in [0.2, 0.25) is 0 Å². The van der Waals surface area contributed by atoms with Crippen LogP contribution < -0.4 is 10.2 Å². The van der Waals surface area contributed by atoms with Crippen LogP contribution in [0.25, 0.3) is 0 Å². The summed E-state index contributed by atoms with van der Waals surface area (Å²) in [6.45, 7) is 4.90. The van der Waals surface area contributed by atoms with Gasteiger partial charge in [0, 0.05) is 28.6 Å². The van der Waals surface area contributed by atoms with Crippen LogP contribution in [0.15, 0.2) is 48.5 Å². The van der Waals surface area contributed by atoms with E-state index in [0.29, 0.717) is 18.7 Å². The number of rotatable bonds is 7. The first-order chi connectivity index (χ1) is 12.4. The molecule has 2 rings (SSSR count). The summed E-state index contributed by atoms with van der Waals surface area (Å²) in [5.41, 5.74) is 1.34. The summed E-state index contributed by atoms with van der Waals surface area (Å²) in [5.74, 6) is 2.60. The average molecular weight is 462 g/mol. The highest BCUT2D eigenvalue weighted by atomic mass is 127. The maximum absolute atomic E-state index is 13.5. The number of hydrogen-bond donors (Lipinski definition) is 1. The van der Waals surface area contributed by atoms with Crippen molar-refractivity contribution in [2.75, 3.05) is 30.5 Å². The number of para-hydroxylation sites is 1. The first-order valence-corrected chi connectivity index (χ1v) is 9.38. The first kappa shape index (κ1) is 20.3. The molecular weight excluding hydrogens is 439 g/mol. The molecule has 4 nitrogen and oxygen atoms in total. The van der Waals surface area contributed by atoms with Gasteiger partial charge in [-0.05, 0) is 66.8 Å². The van der Waals surface area contributed by atoms with Crippen molar-refractivity contribution in [3.63, 3.8) is 0 Å². The van der Waals surface area contributed by atoms with E-state index in [9.17, 15) is 4.79 Å². The van der Waals surface area contributed by atoms with Gasteiger partial charge in [0.15, 0.2) is 0 Å². The highest BCUT2D eigenvalue weighted by molar-refractivity contribution is 14.1. The Kier molecular flexibility index (Phi) is 7.06. The second kappa shape index (κ2) is 9.06. The van der Waals surface area contributed by atoms with E-state index in [1.54, 1.807) is 12.0 Å². The van der Waals surface area contributed by atoms with Gasteiger partial charge < -0.3 is 10.1 Å². The van der Waals surface area contributed by atoms with Crippen molar-refractivity contribution in [1.82, 2.24) is 0 Å². The third-order valence-corrected chi connectivity index (χ3v) is 4.63. The minimum atomic E-state index is -0.774. The van der Waals surface area contributed by atoms with Crippen LogP contribution in [0.1, 0.15) is 24.2 Å². The third-order valence-electron chi connectivity index (χ3n) is 3.96. The Morgan fingerprint density at radius 3 is 2.58 bits per heavy atom. The smallest absolute Gasteiger partial charge is 0.261 e. The maximum Gasteiger partial charge on any atom is 0.261 e. The molecule has 0 bridgehead atoms. The molecule has 0 atom stereocenters. The summed E-state index contributed by atoms with van der Waals surface area (Å²) >= 11 is 2.21. The third kappa shape index (κ3) is 4.77. The van der Waals surface area contributed by atoms with E-state index in [1.165, 1.54) is 0 Å². The number of anilines is 2. The number of terminal acetylenes is 1. The number of amides is 1. The van der Waals surface area contributed by atoms with Gasteiger partial charge in [0.1, 0.15) is 5.54 Å². The SMILES string of the molecule is C#CC(C)(C)N(C(=O)c1cc(I)ccc1NCCOC)c1ccccc1. The summed E-state index contributed by atoms with van der Waals surface area (Å²) < 4.78 is 6.07. The topological polar surface area (TPSA) is 41.6 Å². The van der Waals surface area contributed by atoms with Crippen LogP contribution in [-0.4, -0.2) is 31.7 Å². The summed E-state index contributed by atoms with van der Waals surface area (Å²) in [5, 5.41) is 3.27. The number of ether oxygens (including phenoxy) is 1. The van der Waals surface area contributed by atoms with Crippen molar-refractivity contribution in [2.45, 2.75) is 19.4 Å². The zero-order chi connectivity index (χ0) is 19.2. The molecule has 0 unspecified atom stereocenters. The molecule has 0 saturated heterocycles. The summed E-state index contributed by atoms with van der Waals surface area (Å²) in [6.07, 6.45) is 5.75. The highest BCUT2D eigenvalue weighted by Crippen LogP contribution is 2.29. The van der Waals surface area contributed by atoms with Gasteiger partial charge in [-0.2, -0.15) is 0 Å². The summed E-state index contributed by atoms with van der Waals surface area (Å²) in [4.78, 5) is 15.2. The fourth-order valence-corrected chi connectivity index (χ4v) is 3.08. The number of benzene rings is 2. The molecule has 1 N–H and O–H groups in total. The standard InChI is InChI=1S/C21H23IN2O2/c1-5-21(2,3)24(17-9-7-6-8-10-17)20(25)18-15-16(22)11-12-19(18)23-13-14-26-4/h1,6-12,15,23H,13-14H2,2-4H3. The van der Waals surface area contributed by atoms with Gasteiger partial charge in [0.2, 0.25) is 0 Å². The Labute approximate surface area is 169 Å². The zero-order valence-electron chi connectivity index (χ0n) is 15.3. The lowest BCUT2D eigenvalue weighted by Crippen LogP contribution is -2.47. The molecule has 5 heteroatoms. The Balaban J connectivity index is 2.49. The number of nitrogens with one attached hydrogen (secondary N) is 1. The van der Waals surface area contributed by atoms with Gasteiger partial charge in [-0.3, -0.25) is 9.69 Å². The molecule has 0 saturated carbocycles. The second-order valence-corrected chi connectivity index (χ2v) is 7.53. The van der Waals surface area contributed by atoms with Crippen LogP contribution in [0, 0.1) is 15.9 Å². The molecule has 0 fully saturated rings. The van der Waals surface area contributed by atoms with Gasteiger partial charge in [-0.1, -0.05) is 24.1 Å². The van der Waals surface area contributed by atoms with E-state index in [-0.39, 0.29) is 5.91 Å². The minimum Gasteiger partial charge on any atom is -0.383 e. The molecule has 0 aromatic heterocycles. The molecule has 0 aliphatic carbocycles. The van der Waals surface area contributed by atoms with Gasteiger partial charge in [0.05, 0.1) is 12.2 Å². The van der Waals surface area contributed by atoms with Crippen molar-refractivity contribution in [3.05, 3.63) is 57.7 Å². The van der Waals surface area contributed by atoms with Crippen molar-refractivity contribution in [2.24, 2.45) is 0 Å². The van der Waals surface area contributed by atoms with E-state index >= 15 is 0 Å². The number of methoxy groups -OCH3 is 1. The van der Waals surface area contributed by atoms with Crippen molar-refractivity contribution < 1.29 is 9.53 Å². The normalized spacial score (nSPS) is 10.9. The second-order valence-electron chi connectivity index (χ2n) is 6.29. The van der Waals surface area contributed by atoms with E-state index in [0.717, 1.165) is 14.9 Å². The molecule has 0 spiro atoms. The Bertz CT molecular complexity index is 797. The predicted molar refractivity (Wildman–Crippen MR) is 116 cm³/mol. The van der Waals surface area contributed by atoms with Gasteiger partial charge >= 0.3 is 0 Å². The molecule has 0 heterocycles. The molecule has 136 valence electrons. The number of carbonyl (C=O) groups is 1. The molecule has 1 amide bonds. The lowest BCUT2D eigenvalue weighted by Gasteiger charge is -2.35. The number of carbonyl (C=O) groups excluding carboxylic acids is 1. The molecule has 2 aromatic rings. The zero-order valence-corrected chi connectivity index (χ0v) is 17.4. The van der Waals surface area contributed by atoms with Crippen LogP contribution in [-0.2, 0) is 4.74 Å². The maximum atomic E-state index is 13.5. The lowest BCUT2D eigenvalue weighted by atomic mass is 10.00. The Morgan fingerprint density at radius 1 is 1.27 bits per heavy atom. The van der Waals surface area contributed by atoms with Crippen LogP contribution in [0.3, 0.4) is 0 Å². The highest BCUT2D eigenvalue weighted by Gasteiger charge is 2.32. The predicted octanol–water partition coefficient (Wildman–Crippen LogP) is 4.41. The van der Waals surface area contributed by atoms with Crippen molar-refractivity contribution >= 4 is 39.9 Å². The quantitative estimate of drug-likeness (QED) is 0.377. The largest absolute Gasteiger partial charge is 0.383 e. The summed E-state index contributed by atoms with van der Waals surface area (Å²) in [6, 6.07) is 15.2. The van der Waals surface area contributed by atoms with Crippen molar-refractivity contribution in [3.8, 4) is 12.3 Å². The minimum absolute atomic E-state index is 0.141. The van der Waals surface area contributed by atoms with Crippen LogP contribution in [0.5, 0.6) is 0 Å². The van der Waals surface area contributed by atoms with E-state index < -0.39 is 5.54 Å².